The van der Waals surface area contributed by atoms with Crippen LogP contribution in [0.4, 0.5) is 4.79 Å². The van der Waals surface area contributed by atoms with Crippen LogP contribution in [0.25, 0.3) is 11.3 Å². The number of nitrogens with zero attached hydrogens (tertiary/aromatic N) is 4. The van der Waals surface area contributed by atoms with Crippen LogP contribution in [0, 0.1) is 0 Å². The highest BCUT2D eigenvalue weighted by molar-refractivity contribution is 5.68. The molecule has 0 spiro atoms. The van der Waals surface area contributed by atoms with Crippen LogP contribution in [0.2, 0.25) is 0 Å². The molecule has 0 unspecified atom stereocenters. The minimum atomic E-state index is -0.912. The first-order valence-corrected chi connectivity index (χ1v) is 9.69. The van der Waals surface area contributed by atoms with Crippen LogP contribution in [0.5, 0.6) is 5.75 Å². The van der Waals surface area contributed by atoms with E-state index in [1.807, 2.05) is 30.3 Å². The minimum absolute atomic E-state index is 0.0215. The molecule has 0 aliphatic rings. The molecule has 0 atom stereocenters. The van der Waals surface area contributed by atoms with Crippen molar-refractivity contribution < 1.29 is 24.2 Å². The quantitative estimate of drug-likeness (QED) is 0.562. The molecule has 9 nitrogen and oxygen atoms in total. The summed E-state index contributed by atoms with van der Waals surface area (Å²) in [6.45, 7) is 0.560. The van der Waals surface area contributed by atoms with E-state index >= 15 is 0 Å². The summed E-state index contributed by atoms with van der Waals surface area (Å²) in [7, 11) is 3.41. The third kappa shape index (κ3) is 6.05. The zero-order valence-corrected chi connectivity index (χ0v) is 17.4. The van der Waals surface area contributed by atoms with Crippen LogP contribution >= 0.6 is 0 Å². The van der Waals surface area contributed by atoms with Crippen molar-refractivity contribution in [3.63, 3.8) is 0 Å². The number of aliphatic carboxylic acids is 1. The smallest absolute Gasteiger partial charge is 0.410 e. The van der Waals surface area contributed by atoms with E-state index < -0.39 is 12.1 Å². The summed E-state index contributed by atoms with van der Waals surface area (Å²) < 4.78 is 12.4. The molecule has 1 aromatic heterocycles. The number of carbonyl (C=O) groups excluding carboxylic acids is 1. The fourth-order valence-electron chi connectivity index (χ4n) is 2.89. The van der Waals surface area contributed by atoms with Crippen molar-refractivity contribution >= 4 is 12.1 Å². The Labute approximate surface area is 179 Å². The maximum absolute atomic E-state index is 12.4. The number of hydrogen-bond donors (Lipinski definition) is 1. The van der Waals surface area contributed by atoms with Gasteiger partial charge in [0.05, 0.1) is 13.0 Å². The van der Waals surface area contributed by atoms with Crippen LogP contribution in [0.1, 0.15) is 17.7 Å². The van der Waals surface area contributed by atoms with Crippen molar-refractivity contribution in [2.75, 3.05) is 13.7 Å². The van der Waals surface area contributed by atoms with Gasteiger partial charge in [0.2, 0.25) is 0 Å². The molecule has 162 valence electrons. The number of rotatable bonds is 9. The highest BCUT2D eigenvalue weighted by Crippen LogP contribution is 2.24. The number of carboxylic acid groups (broad SMARTS) is 1. The molecule has 0 radical (unpaired) electrons. The molecule has 1 N–H and O–H groups in total. The molecule has 2 aromatic carbocycles. The van der Waals surface area contributed by atoms with Crippen molar-refractivity contribution in [2.45, 2.75) is 19.6 Å². The third-order valence-electron chi connectivity index (χ3n) is 4.56. The summed E-state index contributed by atoms with van der Waals surface area (Å²) in [5, 5.41) is 16.9. The van der Waals surface area contributed by atoms with E-state index in [2.05, 4.69) is 10.3 Å². The van der Waals surface area contributed by atoms with Gasteiger partial charge in [-0.25, -0.2) is 9.48 Å². The van der Waals surface area contributed by atoms with Crippen LogP contribution in [0.15, 0.2) is 54.6 Å². The highest BCUT2D eigenvalue weighted by Gasteiger charge is 2.17. The maximum atomic E-state index is 12.4. The molecule has 9 heteroatoms. The molecule has 3 rings (SSSR count). The number of carbonyl (C=O) groups is 2. The number of amides is 1. The Morgan fingerprint density at radius 3 is 2.48 bits per heavy atom. The number of ether oxygens (including phenoxy) is 2. The largest absolute Gasteiger partial charge is 0.493 e. The van der Waals surface area contributed by atoms with Gasteiger partial charge in [-0.2, -0.15) is 0 Å². The van der Waals surface area contributed by atoms with E-state index in [0.717, 1.165) is 11.1 Å². The summed E-state index contributed by atoms with van der Waals surface area (Å²) in [5.74, 6) is -0.353. The van der Waals surface area contributed by atoms with E-state index in [1.54, 1.807) is 43.0 Å². The molecule has 1 heterocycles. The number of aryl methyl sites for hydroxylation is 1. The number of carboxylic acids is 1. The molecular formula is C22H24N4O5. The van der Waals surface area contributed by atoms with Gasteiger partial charge in [0.25, 0.3) is 0 Å². The van der Waals surface area contributed by atoms with Crippen molar-refractivity contribution in [1.29, 1.82) is 0 Å². The monoisotopic (exact) mass is 424 g/mol. The molecule has 0 aliphatic heterocycles. The van der Waals surface area contributed by atoms with Crippen molar-refractivity contribution in [2.24, 2.45) is 7.05 Å². The average molecular weight is 424 g/mol. The normalized spacial score (nSPS) is 10.5. The maximum Gasteiger partial charge on any atom is 0.410 e. The predicted molar refractivity (Wildman–Crippen MR) is 112 cm³/mol. The van der Waals surface area contributed by atoms with E-state index in [4.69, 9.17) is 14.6 Å². The van der Waals surface area contributed by atoms with Crippen LogP contribution in [-0.2, 0) is 29.7 Å². The van der Waals surface area contributed by atoms with E-state index in [0.29, 0.717) is 23.7 Å². The van der Waals surface area contributed by atoms with Gasteiger partial charge in [0.1, 0.15) is 23.7 Å². The first-order chi connectivity index (χ1) is 14.9. The lowest BCUT2D eigenvalue weighted by Crippen LogP contribution is -2.27. The molecule has 31 heavy (non-hydrogen) atoms. The van der Waals surface area contributed by atoms with Gasteiger partial charge in [0.15, 0.2) is 0 Å². The van der Waals surface area contributed by atoms with Crippen LogP contribution in [-0.4, -0.2) is 50.7 Å². The summed E-state index contributed by atoms with van der Waals surface area (Å²) in [6.07, 6.45) is -0.515. The predicted octanol–water partition coefficient (Wildman–Crippen LogP) is 3.10. The van der Waals surface area contributed by atoms with Crippen LogP contribution in [0.3, 0.4) is 0 Å². The Hall–Kier alpha value is -3.88. The molecular weight excluding hydrogens is 400 g/mol. The summed E-state index contributed by atoms with van der Waals surface area (Å²) in [6, 6.07) is 16.7. The second kappa shape index (κ2) is 10.2. The first-order valence-electron chi connectivity index (χ1n) is 9.69. The Kier molecular flexibility index (Phi) is 7.21. The lowest BCUT2D eigenvalue weighted by molar-refractivity contribution is -0.137. The topological polar surface area (TPSA) is 107 Å². The fourth-order valence-corrected chi connectivity index (χ4v) is 2.89. The summed E-state index contributed by atoms with van der Waals surface area (Å²) >= 11 is 0. The molecule has 0 aliphatic carbocycles. The Balaban J connectivity index is 1.61. The highest BCUT2D eigenvalue weighted by atomic mass is 16.6. The Bertz CT molecular complexity index is 1020. The Morgan fingerprint density at radius 2 is 1.81 bits per heavy atom. The second-order valence-electron chi connectivity index (χ2n) is 6.92. The van der Waals surface area contributed by atoms with Crippen molar-refractivity contribution in [3.05, 3.63) is 65.9 Å². The van der Waals surface area contributed by atoms with E-state index in [1.165, 1.54) is 4.90 Å². The number of hydrogen-bond acceptors (Lipinski definition) is 6. The van der Waals surface area contributed by atoms with Gasteiger partial charge in [-0.05, 0) is 29.8 Å². The van der Waals surface area contributed by atoms with Crippen molar-refractivity contribution in [1.82, 2.24) is 19.9 Å². The average Bonchev–Trinajstić information content (AvgIpc) is 3.13. The number of aromatic nitrogens is 3. The van der Waals surface area contributed by atoms with Crippen LogP contribution < -0.4 is 4.74 Å². The van der Waals surface area contributed by atoms with Gasteiger partial charge >= 0.3 is 12.1 Å². The SMILES string of the molecule is CN(Cc1ccccc1)C(=O)OCc1c(-c2ccc(OCCC(=O)O)cc2)nnn1C. The Morgan fingerprint density at radius 1 is 1.10 bits per heavy atom. The molecule has 0 bridgehead atoms. The summed E-state index contributed by atoms with van der Waals surface area (Å²) in [4.78, 5) is 24.5. The minimum Gasteiger partial charge on any atom is -0.493 e. The first kappa shape index (κ1) is 21.8. The molecule has 0 saturated heterocycles. The molecule has 1 amide bonds. The lowest BCUT2D eigenvalue weighted by atomic mass is 10.1. The van der Waals surface area contributed by atoms with Gasteiger partial charge in [-0.15, -0.1) is 5.10 Å². The summed E-state index contributed by atoms with van der Waals surface area (Å²) in [5.41, 5.74) is 3.04. The van der Waals surface area contributed by atoms with Gasteiger partial charge in [0, 0.05) is 26.2 Å². The zero-order chi connectivity index (χ0) is 22.2. The van der Waals surface area contributed by atoms with Gasteiger partial charge in [-0.3, -0.25) is 4.79 Å². The van der Waals surface area contributed by atoms with Crippen molar-refractivity contribution in [3.8, 4) is 17.0 Å². The van der Waals surface area contributed by atoms with Gasteiger partial charge < -0.3 is 19.5 Å². The molecule has 3 aromatic rings. The fraction of sp³-hybridized carbons (Fsp3) is 0.273. The van der Waals surface area contributed by atoms with Gasteiger partial charge in [-0.1, -0.05) is 35.5 Å². The van der Waals surface area contributed by atoms with E-state index in [-0.39, 0.29) is 19.6 Å². The number of benzene rings is 2. The third-order valence-corrected chi connectivity index (χ3v) is 4.56. The second-order valence-corrected chi connectivity index (χ2v) is 6.92. The zero-order valence-electron chi connectivity index (χ0n) is 17.4. The standard InChI is InChI=1S/C22H24N4O5/c1-25(14-16-6-4-3-5-7-16)22(29)31-15-19-21(23-24-26(19)2)17-8-10-18(11-9-17)30-13-12-20(27)28/h3-11H,12-15H2,1-2H3,(H,27,28). The molecule has 0 saturated carbocycles. The molecule has 0 fully saturated rings. The van der Waals surface area contributed by atoms with E-state index in [9.17, 15) is 9.59 Å². The lowest BCUT2D eigenvalue weighted by Gasteiger charge is -2.17.